The normalized spacial score (nSPS) is 16.2. The van der Waals surface area contributed by atoms with Gasteiger partial charge in [0.05, 0.1) is 11.5 Å². The number of hydrogen-bond acceptors (Lipinski definition) is 4. The van der Waals surface area contributed by atoms with Crippen LogP contribution in [0.1, 0.15) is 42.7 Å². The number of ether oxygens (including phenoxy) is 1. The number of rotatable bonds is 5. The molecule has 1 aromatic heterocycles. The molecule has 6 heteroatoms. The lowest BCUT2D eigenvalue weighted by atomic mass is 9.73. The largest absolute Gasteiger partial charge is 0.489 e. The topological polar surface area (TPSA) is 79.7 Å². The fraction of sp³-hybridized carbons (Fsp3) is 0.381. The Morgan fingerprint density at radius 1 is 1.11 bits per heavy atom. The molecule has 3 rings (SSSR count). The number of likely N-dealkylation sites (tertiary alicyclic amines) is 1. The SMILES string of the molecule is CC(C)Oc1cccnc1C(=O)N1CCC(C(=O)O)(c2ccccc2)CC1. The highest BCUT2D eigenvalue weighted by molar-refractivity contribution is 5.95. The van der Waals surface area contributed by atoms with Crippen LogP contribution in [0, 0.1) is 0 Å². The molecule has 2 heterocycles. The Labute approximate surface area is 158 Å². The van der Waals surface area contributed by atoms with Crippen LogP contribution in [0.15, 0.2) is 48.7 Å². The summed E-state index contributed by atoms with van der Waals surface area (Å²) in [5, 5.41) is 9.89. The van der Waals surface area contributed by atoms with Gasteiger partial charge in [0, 0.05) is 19.3 Å². The summed E-state index contributed by atoms with van der Waals surface area (Å²) in [5.41, 5.74) is 0.0966. The van der Waals surface area contributed by atoms with Crippen molar-refractivity contribution in [1.82, 2.24) is 9.88 Å². The van der Waals surface area contributed by atoms with Gasteiger partial charge in [0.25, 0.3) is 5.91 Å². The van der Waals surface area contributed by atoms with Crippen molar-refractivity contribution in [2.24, 2.45) is 0 Å². The molecule has 27 heavy (non-hydrogen) atoms. The number of piperidine rings is 1. The number of hydrogen-bond donors (Lipinski definition) is 1. The van der Waals surface area contributed by atoms with E-state index in [0.29, 0.717) is 31.7 Å². The number of aliphatic carboxylic acids is 1. The van der Waals surface area contributed by atoms with E-state index >= 15 is 0 Å². The molecule has 0 unspecified atom stereocenters. The minimum Gasteiger partial charge on any atom is -0.489 e. The molecule has 1 N–H and O–H groups in total. The Morgan fingerprint density at radius 3 is 2.37 bits per heavy atom. The minimum atomic E-state index is -0.959. The molecule has 0 radical (unpaired) electrons. The Kier molecular flexibility index (Phi) is 5.44. The van der Waals surface area contributed by atoms with Gasteiger partial charge < -0.3 is 14.7 Å². The summed E-state index contributed by atoms with van der Waals surface area (Å²) >= 11 is 0. The van der Waals surface area contributed by atoms with Crippen molar-refractivity contribution in [3.05, 3.63) is 59.9 Å². The maximum absolute atomic E-state index is 13.0. The number of pyridine rings is 1. The summed E-state index contributed by atoms with van der Waals surface area (Å²) in [7, 11) is 0. The van der Waals surface area contributed by atoms with Gasteiger partial charge in [0.2, 0.25) is 0 Å². The molecule has 1 aliphatic rings. The Morgan fingerprint density at radius 2 is 1.78 bits per heavy atom. The van der Waals surface area contributed by atoms with Gasteiger partial charge in [-0.1, -0.05) is 30.3 Å². The van der Waals surface area contributed by atoms with E-state index < -0.39 is 11.4 Å². The predicted molar refractivity (Wildman–Crippen MR) is 101 cm³/mol. The van der Waals surface area contributed by atoms with E-state index in [9.17, 15) is 14.7 Å². The third-order valence-corrected chi connectivity index (χ3v) is 4.98. The lowest BCUT2D eigenvalue weighted by molar-refractivity contribution is -0.145. The van der Waals surface area contributed by atoms with E-state index in [1.165, 1.54) is 0 Å². The summed E-state index contributed by atoms with van der Waals surface area (Å²) < 4.78 is 5.70. The monoisotopic (exact) mass is 368 g/mol. The Hall–Kier alpha value is -2.89. The molecule has 0 atom stereocenters. The van der Waals surface area contributed by atoms with Gasteiger partial charge in [-0.3, -0.25) is 9.59 Å². The molecule has 0 saturated carbocycles. The number of aromatic nitrogens is 1. The smallest absolute Gasteiger partial charge is 0.314 e. The molecular weight excluding hydrogens is 344 g/mol. The molecule has 142 valence electrons. The van der Waals surface area contributed by atoms with Crippen LogP contribution in [0.25, 0.3) is 0 Å². The summed E-state index contributed by atoms with van der Waals surface area (Å²) in [6, 6.07) is 12.7. The number of carbonyl (C=O) groups excluding carboxylic acids is 1. The number of benzene rings is 1. The molecule has 1 aliphatic heterocycles. The average molecular weight is 368 g/mol. The Bertz CT molecular complexity index is 812. The first-order chi connectivity index (χ1) is 12.9. The van der Waals surface area contributed by atoms with Crippen LogP contribution in [-0.2, 0) is 10.2 Å². The average Bonchev–Trinajstić information content (AvgIpc) is 2.68. The maximum Gasteiger partial charge on any atom is 0.314 e. The van der Waals surface area contributed by atoms with Crippen molar-refractivity contribution >= 4 is 11.9 Å². The number of carboxylic acids is 1. The van der Waals surface area contributed by atoms with Gasteiger partial charge in [-0.05, 0) is 44.4 Å². The van der Waals surface area contributed by atoms with Crippen molar-refractivity contribution < 1.29 is 19.4 Å². The molecule has 0 spiro atoms. The van der Waals surface area contributed by atoms with Gasteiger partial charge in [0.1, 0.15) is 0 Å². The van der Waals surface area contributed by atoms with E-state index in [1.54, 1.807) is 23.2 Å². The van der Waals surface area contributed by atoms with Gasteiger partial charge in [-0.15, -0.1) is 0 Å². The fourth-order valence-electron chi connectivity index (χ4n) is 3.52. The van der Waals surface area contributed by atoms with Gasteiger partial charge in [0.15, 0.2) is 11.4 Å². The van der Waals surface area contributed by atoms with Crippen LogP contribution >= 0.6 is 0 Å². The van der Waals surface area contributed by atoms with Crippen LogP contribution in [0.3, 0.4) is 0 Å². The minimum absolute atomic E-state index is 0.0696. The van der Waals surface area contributed by atoms with Crippen molar-refractivity contribution in [3.8, 4) is 5.75 Å². The number of amides is 1. The highest BCUT2D eigenvalue weighted by atomic mass is 16.5. The van der Waals surface area contributed by atoms with E-state index in [0.717, 1.165) is 5.56 Å². The summed E-state index contributed by atoms with van der Waals surface area (Å²) in [4.78, 5) is 30.9. The molecule has 2 aromatic rings. The quantitative estimate of drug-likeness (QED) is 0.877. The van der Waals surface area contributed by atoms with Crippen molar-refractivity contribution in [1.29, 1.82) is 0 Å². The van der Waals surface area contributed by atoms with E-state index in [-0.39, 0.29) is 17.7 Å². The van der Waals surface area contributed by atoms with Crippen molar-refractivity contribution in [3.63, 3.8) is 0 Å². The van der Waals surface area contributed by atoms with E-state index in [2.05, 4.69) is 4.98 Å². The van der Waals surface area contributed by atoms with Crippen LogP contribution < -0.4 is 4.74 Å². The maximum atomic E-state index is 13.0. The van der Waals surface area contributed by atoms with Crippen LogP contribution in [0.2, 0.25) is 0 Å². The summed E-state index contributed by atoms with van der Waals surface area (Å²) in [6.45, 7) is 4.50. The molecule has 0 aliphatic carbocycles. The first-order valence-corrected chi connectivity index (χ1v) is 9.14. The van der Waals surface area contributed by atoms with Gasteiger partial charge >= 0.3 is 5.97 Å². The molecule has 6 nitrogen and oxygen atoms in total. The Balaban J connectivity index is 1.79. The molecule has 1 amide bonds. The van der Waals surface area contributed by atoms with Crippen LogP contribution in [0.5, 0.6) is 5.75 Å². The summed E-state index contributed by atoms with van der Waals surface area (Å²) in [6.07, 6.45) is 2.23. The molecule has 1 aromatic carbocycles. The number of nitrogens with zero attached hydrogens (tertiary/aromatic N) is 2. The second-order valence-corrected chi connectivity index (χ2v) is 7.06. The highest BCUT2D eigenvalue weighted by Crippen LogP contribution is 2.36. The van der Waals surface area contributed by atoms with E-state index in [1.807, 2.05) is 44.2 Å². The van der Waals surface area contributed by atoms with Crippen LogP contribution in [-0.4, -0.2) is 46.1 Å². The first kappa shape index (κ1) is 18.9. The molecule has 1 fully saturated rings. The van der Waals surface area contributed by atoms with Gasteiger partial charge in [-0.25, -0.2) is 4.98 Å². The van der Waals surface area contributed by atoms with Crippen molar-refractivity contribution in [2.45, 2.75) is 38.2 Å². The first-order valence-electron chi connectivity index (χ1n) is 9.14. The second-order valence-electron chi connectivity index (χ2n) is 7.06. The third kappa shape index (κ3) is 3.79. The second kappa shape index (κ2) is 7.78. The third-order valence-electron chi connectivity index (χ3n) is 4.98. The molecular formula is C21H24N2O4. The zero-order valence-electron chi connectivity index (χ0n) is 15.6. The predicted octanol–water partition coefficient (Wildman–Crippen LogP) is 3.13. The zero-order valence-corrected chi connectivity index (χ0v) is 15.6. The zero-order chi connectivity index (χ0) is 19.4. The lowest BCUT2D eigenvalue weighted by Gasteiger charge is -2.39. The van der Waals surface area contributed by atoms with E-state index in [4.69, 9.17) is 4.74 Å². The number of carbonyl (C=O) groups is 2. The molecule has 1 saturated heterocycles. The highest BCUT2D eigenvalue weighted by Gasteiger charge is 2.44. The molecule has 0 bridgehead atoms. The van der Waals surface area contributed by atoms with Crippen LogP contribution in [0.4, 0.5) is 0 Å². The summed E-state index contributed by atoms with van der Waals surface area (Å²) in [5.74, 6) is -0.614. The number of carboxylic acid groups (broad SMARTS) is 1. The fourth-order valence-corrected chi connectivity index (χ4v) is 3.52. The van der Waals surface area contributed by atoms with Crippen molar-refractivity contribution in [2.75, 3.05) is 13.1 Å². The lowest BCUT2D eigenvalue weighted by Crippen LogP contribution is -2.49. The van der Waals surface area contributed by atoms with Gasteiger partial charge in [-0.2, -0.15) is 0 Å². The standard InChI is InChI=1S/C21H24N2O4/c1-15(2)27-17-9-6-12-22-18(17)19(24)23-13-10-21(11-14-23,20(25)26)16-7-4-3-5-8-16/h3-9,12,15H,10-11,13-14H2,1-2H3,(H,25,26).